The van der Waals surface area contributed by atoms with Gasteiger partial charge in [0.25, 0.3) is 0 Å². The Labute approximate surface area is 155 Å². The first-order chi connectivity index (χ1) is 13.3. The Morgan fingerprint density at radius 2 is 1.59 bits per heavy atom. The molecule has 0 amide bonds. The number of furan rings is 1. The van der Waals surface area contributed by atoms with Crippen LogP contribution in [0.25, 0.3) is 54.9 Å². The molecular formula is C24H16N2O. The molecule has 0 saturated carbocycles. The number of hydrogen-bond acceptors (Lipinski definition) is 2. The number of hydrogen-bond donors (Lipinski definition) is 0. The Kier molecular flexibility index (Phi) is 2.81. The van der Waals surface area contributed by atoms with Crippen molar-refractivity contribution in [3.8, 4) is 11.4 Å². The maximum Gasteiger partial charge on any atom is 0.139 e. The average molecular weight is 348 g/mol. The summed E-state index contributed by atoms with van der Waals surface area (Å²) in [5.41, 5.74) is 2.88. The number of aryl methyl sites for hydroxylation is 1. The van der Waals surface area contributed by atoms with Gasteiger partial charge in [0.15, 0.2) is 0 Å². The van der Waals surface area contributed by atoms with Crippen LogP contribution >= 0.6 is 0 Å². The Morgan fingerprint density at radius 1 is 0.741 bits per heavy atom. The number of fused-ring (bicyclic) bond motifs is 6. The van der Waals surface area contributed by atoms with E-state index in [2.05, 4.69) is 71.7 Å². The van der Waals surface area contributed by atoms with E-state index in [1.165, 1.54) is 21.5 Å². The normalized spacial score (nSPS) is 11.9. The van der Waals surface area contributed by atoms with E-state index in [1.807, 2.05) is 24.0 Å². The van der Waals surface area contributed by atoms with E-state index < -0.39 is 0 Å². The summed E-state index contributed by atoms with van der Waals surface area (Å²) in [6, 6.07) is 23.6. The van der Waals surface area contributed by atoms with Gasteiger partial charge in [0.05, 0.1) is 0 Å². The van der Waals surface area contributed by atoms with Crippen LogP contribution in [0.5, 0.6) is 0 Å². The van der Waals surface area contributed by atoms with E-state index in [-0.39, 0.29) is 0 Å². The quantitative estimate of drug-likeness (QED) is 0.327. The highest BCUT2D eigenvalue weighted by Crippen LogP contribution is 2.36. The number of rotatable bonds is 1. The topological polar surface area (TPSA) is 31.0 Å². The van der Waals surface area contributed by atoms with Crippen LogP contribution in [-0.2, 0) is 7.05 Å². The van der Waals surface area contributed by atoms with Gasteiger partial charge in [-0.25, -0.2) is 4.98 Å². The van der Waals surface area contributed by atoms with Gasteiger partial charge in [-0.05, 0) is 45.8 Å². The molecule has 27 heavy (non-hydrogen) atoms. The molecule has 3 nitrogen and oxygen atoms in total. The summed E-state index contributed by atoms with van der Waals surface area (Å²) in [6.45, 7) is 0. The SMILES string of the molecule is Cn1ccnc1-c1ccc2c(c1)oc1cc3c(ccc4ccccc43)cc12. The molecule has 0 aliphatic rings. The van der Waals surface area contributed by atoms with Crippen LogP contribution in [0.1, 0.15) is 0 Å². The lowest BCUT2D eigenvalue weighted by atomic mass is 10.00. The summed E-state index contributed by atoms with van der Waals surface area (Å²) in [5.74, 6) is 0.938. The predicted octanol–water partition coefficient (Wildman–Crippen LogP) is 6.29. The molecule has 0 aliphatic carbocycles. The van der Waals surface area contributed by atoms with Crippen LogP contribution in [0.2, 0.25) is 0 Å². The molecule has 6 aromatic rings. The first kappa shape index (κ1) is 14.6. The highest BCUT2D eigenvalue weighted by atomic mass is 16.3. The van der Waals surface area contributed by atoms with Gasteiger partial charge >= 0.3 is 0 Å². The van der Waals surface area contributed by atoms with Crippen molar-refractivity contribution >= 4 is 43.5 Å². The minimum absolute atomic E-state index is 0.894. The van der Waals surface area contributed by atoms with Gasteiger partial charge in [0.1, 0.15) is 17.0 Å². The highest BCUT2D eigenvalue weighted by Gasteiger charge is 2.12. The summed E-state index contributed by atoms with van der Waals surface area (Å²) in [6.07, 6.45) is 3.77. The zero-order valence-electron chi connectivity index (χ0n) is 14.8. The van der Waals surface area contributed by atoms with E-state index >= 15 is 0 Å². The van der Waals surface area contributed by atoms with Gasteiger partial charge in [-0.1, -0.05) is 42.5 Å². The second-order valence-electron chi connectivity index (χ2n) is 7.03. The Hall–Kier alpha value is -3.59. The molecule has 2 aromatic heterocycles. The molecule has 0 fully saturated rings. The standard InChI is InChI=1S/C24H16N2O/c1-26-11-10-25-24(26)17-8-9-19-21-12-16-7-6-15-4-2-3-5-18(15)20(16)14-23(21)27-22(19)13-17/h2-14H,1H3. The molecule has 4 aromatic carbocycles. The van der Waals surface area contributed by atoms with Gasteiger partial charge in [-0.15, -0.1) is 0 Å². The van der Waals surface area contributed by atoms with Crippen LogP contribution in [0, 0.1) is 0 Å². The number of benzene rings is 4. The van der Waals surface area contributed by atoms with E-state index in [4.69, 9.17) is 4.42 Å². The van der Waals surface area contributed by atoms with Gasteiger partial charge in [-0.3, -0.25) is 0 Å². The second-order valence-corrected chi connectivity index (χ2v) is 7.03. The second kappa shape index (κ2) is 5.21. The van der Waals surface area contributed by atoms with Gasteiger partial charge in [0, 0.05) is 35.8 Å². The van der Waals surface area contributed by atoms with Gasteiger partial charge in [-0.2, -0.15) is 0 Å². The smallest absolute Gasteiger partial charge is 0.139 e. The fourth-order valence-corrected chi connectivity index (χ4v) is 4.06. The van der Waals surface area contributed by atoms with Crippen LogP contribution < -0.4 is 0 Å². The van der Waals surface area contributed by atoms with Crippen LogP contribution in [0.3, 0.4) is 0 Å². The predicted molar refractivity (Wildman–Crippen MR) is 111 cm³/mol. The maximum absolute atomic E-state index is 6.25. The molecule has 0 atom stereocenters. The maximum atomic E-state index is 6.25. The zero-order chi connectivity index (χ0) is 18.0. The summed E-state index contributed by atoms with van der Waals surface area (Å²) in [5, 5.41) is 7.25. The molecule has 6 rings (SSSR count). The Morgan fingerprint density at radius 3 is 2.48 bits per heavy atom. The largest absolute Gasteiger partial charge is 0.456 e. The molecule has 0 bridgehead atoms. The van der Waals surface area contributed by atoms with Crippen molar-refractivity contribution in [3.05, 3.63) is 79.1 Å². The van der Waals surface area contributed by atoms with Crippen molar-refractivity contribution in [1.82, 2.24) is 9.55 Å². The third-order valence-corrected chi connectivity index (χ3v) is 5.42. The molecular weight excluding hydrogens is 332 g/mol. The molecule has 0 N–H and O–H groups in total. The molecule has 128 valence electrons. The lowest BCUT2D eigenvalue weighted by molar-refractivity contribution is 0.669. The van der Waals surface area contributed by atoms with Crippen LogP contribution in [0.15, 0.2) is 83.5 Å². The fourth-order valence-electron chi connectivity index (χ4n) is 4.06. The minimum atomic E-state index is 0.894. The summed E-state index contributed by atoms with van der Waals surface area (Å²) in [7, 11) is 2.00. The minimum Gasteiger partial charge on any atom is -0.456 e. The molecule has 3 heteroatoms. The first-order valence-corrected chi connectivity index (χ1v) is 9.03. The van der Waals surface area contributed by atoms with Gasteiger partial charge < -0.3 is 8.98 Å². The van der Waals surface area contributed by atoms with Crippen LogP contribution in [0.4, 0.5) is 0 Å². The van der Waals surface area contributed by atoms with Crippen molar-refractivity contribution in [3.63, 3.8) is 0 Å². The number of imidazole rings is 1. The lowest BCUT2D eigenvalue weighted by Gasteiger charge is -2.04. The van der Waals surface area contributed by atoms with E-state index in [9.17, 15) is 0 Å². The molecule has 0 unspecified atom stereocenters. The summed E-state index contributed by atoms with van der Waals surface area (Å²) >= 11 is 0. The van der Waals surface area contributed by atoms with Crippen molar-refractivity contribution in [2.24, 2.45) is 7.05 Å². The molecule has 0 saturated heterocycles. The lowest BCUT2D eigenvalue weighted by Crippen LogP contribution is -1.90. The monoisotopic (exact) mass is 348 g/mol. The van der Waals surface area contributed by atoms with Crippen LogP contribution in [-0.4, -0.2) is 9.55 Å². The van der Waals surface area contributed by atoms with Crippen molar-refractivity contribution in [1.29, 1.82) is 0 Å². The number of aromatic nitrogens is 2. The van der Waals surface area contributed by atoms with Crippen molar-refractivity contribution in [2.75, 3.05) is 0 Å². The van der Waals surface area contributed by atoms with E-state index in [0.29, 0.717) is 0 Å². The first-order valence-electron chi connectivity index (χ1n) is 9.03. The Balaban J connectivity index is 1.67. The molecule has 0 radical (unpaired) electrons. The number of nitrogens with zero attached hydrogens (tertiary/aromatic N) is 2. The summed E-state index contributed by atoms with van der Waals surface area (Å²) in [4.78, 5) is 4.45. The van der Waals surface area contributed by atoms with Gasteiger partial charge in [0.2, 0.25) is 0 Å². The van der Waals surface area contributed by atoms with E-state index in [0.717, 1.165) is 33.3 Å². The molecule has 0 spiro atoms. The van der Waals surface area contributed by atoms with Crippen molar-refractivity contribution < 1.29 is 4.42 Å². The molecule has 2 heterocycles. The van der Waals surface area contributed by atoms with E-state index in [1.54, 1.807) is 0 Å². The Bertz CT molecular complexity index is 1490. The molecule has 0 aliphatic heterocycles. The third kappa shape index (κ3) is 2.05. The van der Waals surface area contributed by atoms with Crippen molar-refractivity contribution in [2.45, 2.75) is 0 Å². The fraction of sp³-hybridized carbons (Fsp3) is 0.0417. The summed E-state index contributed by atoms with van der Waals surface area (Å²) < 4.78 is 8.27. The zero-order valence-corrected chi connectivity index (χ0v) is 14.8. The highest BCUT2D eigenvalue weighted by molar-refractivity contribution is 6.16. The average Bonchev–Trinajstić information content (AvgIpc) is 3.28. The third-order valence-electron chi connectivity index (χ3n) is 5.42.